The number of aliphatic hydroxyl groups is 12. The molecule has 0 aromatic rings. The Morgan fingerprint density at radius 2 is 0.980 bits per heavy atom. The van der Waals surface area contributed by atoms with Gasteiger partial charge in [-0.1, -0.05) is 0 Å². The summed E-state index contributed by atoms with van der Waals surface area (Å²) in [6.45, 7) is -0.896. The Morgan fingerprint density at radius 1 is 0.510 bits per heavy atom. The Balaban J connectivity index is 1.45. The lowest BCUT2D eigenvalue weighted by molar-refractivity contribution is -0.371. The van der Waals surface area contributed by atoms with Crippen molar-refractivity contribution in [3.8, 4) is 0 Å². The van der Waals surface area contributed by atoms with Crippen LogP contribution in [-0.2, 0) is 42.7 Å². The molecule has 0 aromatic carbocycles. The first-order valence-corrected chi connectivity index (χ1v) is 16.1. The quantitative estimate of drug-likeness (QED) is 0.0881. The number of amides is 2. The number of nitrogens with one attached hydrogen (secondary N) is 2. The average Bonchev–Trinajstić information content (AvgIpc) is 3.08. The van der Waals surface area contributed by atoms with Crippen LogP contribution in [0.3, 0.4) is 0 Å². The van der Waals surface area contributed by atoms with Crippen LogP contribution in [0.25, 0.3) is 0 Å². The summed E-state index contributed by atoms with van der Waals surface area (Å²) < 4.78 is 38.7. The van der Waals surface area contributed by atoms with E-state index >= 15 is 0 Å². The zero-order chi connectivity index (χ0) is 37.9. The van der Waals surface area contributed by atoms with E-state index in [-0.39, 0.29) is 0 Å². The SMILES string of the molecule is CC(=O)N[C@H]1[C@H](O[C@H]2[C@@H](O)[C@H](O)[C@@H](CO[C@@H]3O[C@H](CO)[C@@H](O)[C@H](O)[C@H]3NC(C)=O)O[C@@H]2O)O[C@H](CO)[C@@H](O[C@@H]2O[C@H](CO)[C@H](O)[C@H](O)[C@H]2O)[C@@H]1O. The van der Waals surface area contributed by atoms with Crippen molar-refractivity contribution in [2.24, 2.45) is 0 Å². The van der Waals surface area contributed by atoms with Gasteiger partial charge in [0.15, 0.2) is 25.2 Å². The van der Waals surface area contributed by atoms with Crippen LogP contribution in [0.5, 0.6) is 0 Å². The van der Waals surface area contributed by atoms with Crippen LogP contribution in [0.15, 0.2) is 0 Å². The molecule has 51 heavy (non-hydrogen) atoms. The molecule has 4 fully saturated rings. The second kappa shape index (κ2) is 18.0. The summed E-state index contributed by atoms with van der Waals surface area (Å²) >= 11 is 0. The lowest BCUT2D eigenvalue weighted by Crippen LogP contribution is -2.69. The maximum atomic E-state index is 12.1. The molecular formula is C28H48N2O21. The maximum Gasteiger partial charge on any atom is 0.217 e. The van der Waals surface area contributed by atoms with Crippen LogP contribution < -0.4 is 10.6 Å². The molecule has 20 atom stereocenters. The first-order valence-electron chi connectivity index (χ1n) is 16.1. The average molecular weight is 749 g/mol. The molecule has 4 aliphatic heterocycles. The zero-order valence-electron chi connectivity index (χ0n) is 27.4. The normalized spacial score (nSPS) is 47.8. The van der Waals surface area contributed by atoms with Crippen molar-refractivity contribution in [3.05, 3.63) is 0 Å². The van der Waals surface area contributed by atoms with Gasteiger partial charge in [0.05, 0.1) is 26.4 Å². The van der Waals surface area contributed by atoms with E-state index in [0.717, 1.165) is 13.8 Å². The largest absolute Gasteiger partial charge is 0.394 e. The van der Waals surface area contributed by atoms with Crippen LogP contribution >= 0.6 is 0 Å². The van der Waals surface area contributed by atoms with Crippen molar-refractivity contribution in [1.29, 1.82) is 0 Å². The summed E-state index contributed by atoms with van der Waals surface area (Å²) in [5, 5.41) is 129. The smallest absolute Gasteiger partial charge is 0.217 e. The molecule has 0 aliphatic carbocycles. The van der Waals surface area contributed by atoms with Gasteiger partial charge >= 0.3 is 0 Å². The molecule has 14 N–H and O–H groups in total. The molecule has 4 rings (SSSR count). The first-order chi connectivity index (χ1) is 24.0. The van der Waals surface area contributed by atoms with Crippen LogP contribution in [-0.4, -0.2) is 222 Å². The monoisotopic (exact) mass is 748 g/mol. The minimum absolute atomic E-state index is 0.631. The molecule has 0 unspecified atom stereocenters. The molecule has 4 saturated heterocycles. The highest BCUT2D eigenvalue weighted by Gasteiger charge is 2.54. The number of carbonyl (C=O) groups excluding carboxylic acids is 2. The van der Waals surface area contributed by atoms with Crippen molar-refractivity contribution < 1.29 is 104 Å². The van der Waals surface area contributed by atoms with E-state index in [9.17, 15) is 70.9 Å². The molecule has 0 spiro atoms. The third kappa shape index (κ3) is 9.29. The summed E-state index contributed by atoms with van der Waals surface area (Å²) in [6.07, 6.45) is -30.8. The summed E-state index contributed by atoms with van der Waals surface area (Å²) in [6, 6.07) is -2.94. The van der Waals surface area contributed by atoms with Gasteiger partial charge in [-0.2, -0.15) is 0 Å². The van der Waals surface area contributed by atoms with E-state index in [0.29, 0.717) is 0 Å². The number of hydrogen-bond donors (Lipinski definition) is 14. The number of aliphatic hydroxyl groups excluding tert-OH is 12. The van der Waals surface area contributed by atoms with Gasteiger partial charge in [0.2, 0.25) is 11.8 Å². The number of hydrogen-bond acceptors (Lipinski definition) is 21. The highest BCUT2D eigenvalue weighted by Crippen LogP contribution is 2.33. The summed E-state index contributed by atoms with van der Waals surface area (Å²) in [5.41, 5.74) is 0. The van der Waals surface area contributed by atoms with Crippen molar-refractivity contribution in [3.63, 3.8) is 0 Å². The predicted octanol–water partition coefficient (Wildman–Crippen LogP) is -9.46. The Hall–Kier alpha value is -1.82. The summed E-state index contributed by atoms with van der Waals surface area (Å²) in [4.78, 5) is 23.8. The molecule has 0 aromatic heterocycles. The van der Waals surface area contributed by atoms with Crippen LogP contribution in [0.2, 0.25) is 0 Å². The van der Waals surface area contributed by atoms with Gasteiger partial charge in [0.25, 0.3) is 0 Å². The Morgan fingerprint density at radius 3 is 1.53 bits per heavy atom. The number of carbonyl (C=O) groups is 2. The fourth-order valence-electron chi connectivity index (χ4n) is 6.24. The highest BCUT2D eigenvalue weighted by atomic mass is 16.8. The van der Waals surface area contributed by atoms with Crippen LogP contribution in [0.4, 0.5) is 0 Å². The minimum Gasteiger partial charge on any atom is -0.394 e. The molecule has 4 heterocycles. The van der Waals surface area contributed by atoms with Gasteiger partial charge in [-0.25, -0.2) is 0 Å². The fraction of sp³-hybridized carbons (Fsp3) is 0.929. The highest BCUT2D eigenvalue weighted by molar-refractivity contribution is 5.73. The Kier molecular flexibility index (Phi) is 14.8. The van der Waals surface area contributed by atoms with Crippen molar-refractivity contribution >= 4 is 11.8 Å². The molecule has 23 heteroatoms. The van der Waals surface area contributed by atoms with E-state index in [2.05, 4.69) is 10.6 Å². The predicted molar refractivity (Wildman–Crippen MR) is 157 cm³/mol. The summed E-state index contributed by atoms with van der Waals surface area (Å²) in [7, 11) is 0. The van der Waals surface area contributed by atoms with Gasteiger partial charge in [0.1, 0.15) is 97.5 Å². The van der Waals surface area contributed by atoms with Gasteiger partial charge in [-0.15, -0.1) is 0 Å². The maximum absolute atomic E-state index is 12.1. The van der Waals surface area contributed by atoms with Crippen molar-refractivity contribution in [2.45, 2.75) is 137 Å². The van der Waals surface area contributed by atoms with Crippen molar-refractivity contribution in [2.75, 3.05) is 26.4 Å². The molecular weight excluding hydrogens is 700 g/mol. The molecule has 0 bridgehead atoms. The van der Waals surface area contributed by atoms with Gasteiger partial charge in [0, 0.05) is 13.8 Å². The molecule has 23 nitrogen and oxygen atoms in total. The van der Waals surface area contributed by atoms with Crippen LogP contribution in [0.1, 0.15) is 13.8 Å². The molecule has 4 aliphatic rings. The third-order valence-electron chi connectivity index (χ3n) is 8.99. The molecule has 0 radical (unpaired) electrons. The molecule has 296 valence electrons. The molecule has 2 amide bonds. The van der Waals surface area contributed by atoms with E-state index in [4.69, 9.17) is 33.2 Å². The van der Waals surface area contributed by atoms with E-state index in [1.807, 2.05) is 0 Å². The molecule has 0 saturated carbocycles. The summed E-state index contributed by atoms with van der Waals surface area (Å²) in [5.74, 6) is -1.37. The van der Waals surface area contributed by atoms with Crippen LogP contribution in [0, 0.1) is 0 Å². The number of ether oxygens (including phenoxy) is 7. The third-order valence-corrected chi connectivity index (χ3v) is 8.99. The Labute approximate surface area is 289 Å². The Bertz CT molecular complexity index is 1140. The van der Waals surface area contributed by atoms with Crippen molar-refractivity contribution in [1.82, 2.24) is 10.6 Å². The standard InChI is InChI=1S/C28H48N2O21/c1-7(34)29-13-18(39)15(36)9(3-31)47-26(13)45-6-12-17(38)21(42)24(25(44)46-12)51-27-14(30-8(2)35)19(40)23(11(5-33)49-27)50-28-22(43)20(41)16(37)10(4-32)48-28/h9-28,31-33,36-44H,3-6H2,1-2H3,(H,29,34)(H,30,35)/t9-,10-,11-,12-,13-,14-,15-,16+,17-,18-,19-,20+,21+,22-,23-,24+,25+,26-,27+,28+/m1/s1. The van der Waals surface area contributed by atoms with Gasteiger partial charge in [-0.05, 0) is 0 Å². The van der Waals surface area contributed by atoms with E-state index in [1.165, 1.54) is 0 Å². The van der Waals surface area contributed by atoms with E-state index in [1.54, 1.807) is 0 Å². The minimum atomic E-state index is -2.05. The second-order valence-electron chi connectivity index (χ2n) is 12.7. The lowest BCUT2D eigenvalue weighted by Gasteiger charge is -2.49. The lowest BCUT2D eigenvalue weighted by atomic mass is 9.94. The number of rotatable bonds is 12. The fourth-order valence-corrected chi connectivity index (χ4v) is 6.24. The van der Waals surface area contributed by atoms with E-state index < -0.39 is 161 Å². The second-order valence-corrected chi connectivity index (χ2v) is 12.7. The van der Waals surface area contributed by atoms with Gasteiger partial charge < -0.3 is 105 Å². The topological polar surface area (TPSA) is 366 Å². The zero-order valence-corrected chi connectivity index (χ0v) is 27.4. The first kappa shape index (κ1) is 41.9. The van der Waals surface area contributed by atoms with Gasteiger partial charge in [-0.3, -0.25) is 9.59 Å².